The number of rotatable bonds is 3. The maximum absolute atomic E-state index is 6.80. The van der Waals surface area contributed by atoms with E-state index in [1.54, 1.807) is 0 Å². The summed E-state index contributed by atoms with van der Waals surface area (Å²) in [4.78, 5) is 0. The Morgan fingerprint density at radius 2 is 1.31 bits per heavy atom. The van der Waals surface area contributed by atoms with E-state index in [0.29, 0.717) is 0 Å². The number of para-hydroxylation sites is 1. The molecule has 0 bridgehead atoms. The van der Waals surface area contributed by atoms with Crippen LogP contribution in [0, 0.1) is 0 Å². The van der Waals surface area contributed by atoms with Crippen molar-refractivity contribution in [3.63, 3.8) is 0 Å². The third kappa shape index (κ3) is 3.35. The maximum atomic E-state index is 6.80. The highest BCUT2D eigenvalue weighted by Gasteiger charge is 2.43. The van der Waals surface area contributed by atoms with Gasteiger partial charge in [0.15, 0.2) is 0 Å². The molecule has 2 atom stereocenters. The maximum Gasteiger partial charge on any atom is 0.135 e. The molecule has 8 rings (SSSR count). The summed E-state index contributed by atoms with van der Waals surface area (Å²) in [6.07, 6.45) is 8.70. The van der Waals surface area contributed by atoms with Crippen LogP contribution in [0.15, 0.2) is 140 Å². The molecule has 1 aromatic heterocycles. The summed E-state index contributed by atoms with van der Waals surface area (Å²) in [7, 11) is 0. The number of nitrogens with zero attached hydrogens (tertiary/aromatic N) is 1. The van der Waals surface area contributed by atoms with Crippen LogP contribution < -0.4 is 4.74 Å². The van der Waals surface area contributed by atoms with Gasteiger partial charge in [-0.05, 0) is 65.6 Å². The van der Waals surface area contributed by atoms with E-state index in [1.807, 2.05) is 0 Å². The van der Waals surface area contributed by atoms with E-state index >= 15 is 0 Å². The Kier molecular flexibility index (Phi) is 4.75. The largest absolute Gasteiger partial charge is 0.481 e. The van der Waals surface area contributed by atoms with Crippen molar-refractivity contribution in [1.29, 1.82) is 0 Å². The van der Waals surface area contributed by atoms with E-state index in [0.717, 1.165) is 17.0 Å². The lowest BCUT2D eigenvalue weighted by molar-refractivity contribution is 0.157. The first-order chi connectivity index (χ1) is 19.2. The van der Waals surface area contributed by atoms with Gasteiger partial charge in [0, 0.05) is 22.6 Å². The SMILES string of the molecule is CC12C=CC=CC1c1ccc3c(c1O2)c1ccccc1n3-c1cc(-c2ccccc2)cc(-c2ccccc2)c1. The second-order valence-corrected chi connectivity index (χ2v) is 10.7. The van der Waals surface area contributed by atoms with E-state index < -0.39 is 0 Å². The summed E-state index contributed by atoms with van der Waals surface area (Å²) >= 11 is 0. The van der Waals surface area contributed by atoms with Crippen LogP contribution in [0.4, 0.5) is 0 Å². The standard InChI is InChI=1S/C37H27NO/c1-37-21-11-10-17-32(37)30-19-20-34-35(36(30)39-37)31-16-8-9-18-33(31)38(34)29-23-27(25-12-4-2-5-13-25)22-28(24-29)26-14-6-3-7-15-26/h2-24,32H,1H3. The average molecular weight is 502 g/mol. The minimum absolute atomic E-state index is 0.218. The third-order valence-corrected chi connectivity index (χ3v) is 8.33. The van der Waals surface area contributed by atoms with Gasteiger partial charge in [-0.25, -0.2) is 0 Å². The molecule has 2 heteroatoms. The summed E-state index contributed by atoms with van der Waals surface area (Å²) in [6.45, 7) is 2.19. The molecule has 39 heavy (non-hydrogen) atoms. The van der Waals surface area contributed by atoms with E-state index in [1.165, 1.54) is 44.1 Å². The monoisotopic (exact) mass is 501 g/mol. The molecule has 0 fully saturated rings. The molecule has 0 saturated heterocycles. The van der Waals surface area contributed by atoms with E-state index in [4.69, 9.17) is 4.74 Å². The van der Waals surface area contributed by atoms with Gasteiger partial charge in [0.25, 0.3) is 0 Å². The van der Waals surface area contributed by atoms with Gasteiger partial charge in [0.1, 0.15) is 11.4 Å². The van der Waals surface area contributed by atoms with E-state index in [9.17, 15) is 0 Å². The molecular weight excluding hydrogens is 474 g/mol. The van der Waals surface area contributed by atoms with Gasteiger partial charge in [-0.1, -0.05) is 103 Å². The molecule has 2 aliphatic rings. The Morgan fingerprint density at radius 1 is 0.641 bits per heavy atom. The molecule has 2 unspecified atom stereocenters. The fourth-order valence-electron chi connectivity index (χ4n) is 6.46. The van der Waals surface area contributed by atoms with Gasteiger partial charge < -0.3 is 9.30 Å². The first kappa shape index (κ1) is 22.2. The lowest BCUT2D eigenvalue weighted by atomic mass is 9.82. The van der Waals surface area contributed by atoms with Crippen molar-refractivity contribution in [2.24, 2.45) is 0 Å². The van der Waals surface area contributed by atoms with Crippen molar-refractivity contribution in [3.8, 4) is 33.7 Å². The molecule has 5 aromatic carbocycles. The minimum atomic E-state index is -0.359. The van der Waals surface area contributed by atoms with Crippen molar-refractivity contribution < 1.29 is 4.74 Å². The van der Waals surface area contributed by atoms with Crippen molar-refractivity contribution in [2.75, 3.05) is 0 Å². The van der Waals surface area contributed by atoms with E-state index in [2.05, 4.69) is 151 Å². The summed E-state index contributed by atoms with van der Waals surface area (Å²) < 4.78 is 9.21. The van der Waals surface area contributed by atoms with Crippen molar-refractivity contribution in [1.82, 2.24) is 4.57 Å². The second kappa shape index (κ2) is 8.34. The first-order valence-corrected chi connectivity index (χ1v) is 13.6. The Balaban J connectivity index is 1.43. The molecule has 6 aromatic rings. The molecule has 2 heterocycles. The topological polar surface area (TPSA) is 14.2 Å². The highest BCUT2D eigenvalue weighted by molar-refractivity contribution is 6.13. The van der Waals surface area contributed by atoms with Crippen LogP contribution in [-0.4, -0.2) is 10.2 Å². The first-order valence-electron chi connectivity index (χ1n) is 13.6. The molecule has 1 aliphatic heterocycles. The molecule has 2 nitrogen and oxygen atoms in total. The molecule has 0 amide bonds. The predicted molar refractivity (Wildman–Crippen MR) is 162 cm³/mol. The number of aromatic nitrogens is 1. The molecular formula is C37H27NO. The highest BCUT2D eigenvalue weighted by atomic mass is 16.5. The number of fused-ring (bicyclic) bond motifs is 7. The van der Waals surface area contributed by atoms with Crippen LogP contribution in [0.3, 0.4) is 0 Å². The number of hydrogen-bond acceptors (Lipinski definition) is 1. The zero-order chi connectivity index (χ0) is 26.0. The van der Waals surface area contributed by atoms with Gasteiger partial charge in [0.05, 0.1) is 16.4 Å². The van der Waals surface area contributed by atoms with Gasteiger partial charge in [0.2, 0.25) is 0 Å². The lowest BCUT2D eigenvalue weighted by Crippen LogP contribution is -2.32. The third-order valence-electron chi connectivity index (χ3n) is 8.33. The van der Waals surface area contributed by atoms with Gasteiger partial charge in [-0.2, -0.15) is 0 Å². The summed E-state index contributed by atoms with van der Waals surface area (Å²) in [5, 5.41) is 2.40. The van der Waals surface area contributed by atoms with Crippen LogP contribution in [-0.2, 0) is 0 Å². The molecule has 0 N–H and O–H groups in total. The Hall–Kier alpha value is -4.82. The molecule has 0 spiro atoms. The molecule has 0 radical (unpaired) electrons. The van der Waals surface area contributed by atoms with Crippen LogP contribution in [0.2, 0.25) is 0 Å². The summed E-state index contributed by atoms with van der Waals surface area (Å²) in [5.41, 5.74) is 9.19. The Bertz CT molecular complexity index is 1890. The fraction of sp³-hybridized carbons (Fsp3) is 0.0811. The van der Waals surface area contributed by atoms with Crippen LogP contribution in [0.25, 0.3) is 49.7 Å². The number of hydrogen-bond donors (Lipinski definition) is 0. The number of benzene rings is 5. The van der Waals surface area contributed by atoms with Gasteiger partial charge >= 0.3 is 0 Å². The van der Waals surface area contributed by atoms with Crippen LogP contribution in [0.5, 0.6) is 5.75 Å². The minimum Gasteiger partial charge on any atom is -0.481 e. The van der Waals surface area contributed by atoms with Gasteiger partial charge in [-0.15, -0.1) is 0 Å². The normalized spacial score (nSPS) is 19.3. The number of ether oxygens (including phenoxy) is 1. The van der Waals surface area contributed by atoms with Gasteiger partial charge in [-0.3, -0.25) is 0 Å². The summed E-state index contributed by atoms with van der Waals surface area (Å²) in [6, 6.07) is 41.5. The molecule has 186 valence electrons. The van der Waals surface area contributed by atoms with E-state index in [-0.39, 0.29) is 11.5 Å². The Labute approximate surface area is 228 Å². The number of allylic oxidation sites excluding steroid dienone is 2. The fourth-order valence-corrected chi connectivity index (χ4v) is 6.46. The van der Waals surface area contributed by atoms with Crippen molar-refractivity contribution in [2.45, 2.75) is 18.4 Å². The predicted octanol–water partition coefficient (Wildman–Crippen LogP) is 9.48. The quantitative estimate of drug-likeness (QED) is 0.235. The highest BCUT2D eigenvalue weighted by Crippen LogP contribution is 2.52. The average Bonchev–Trinajstić information content (AvgIpc) is 3.49. The van der Waals surface area contributed by atoms with Crippen LogP contribution >= 0.6 is 0 Å². The summed E-state index contributed by atoms with van der Waals surface area (Å²) in [5.74, 6) is 1.23. The zero-order valence-corrected chi connectivity index (χ0v) is 21.7. The lowest BCUT2D eigenvalue weighted by Gasteiger charge is -2.27. The molecule has 1 aliphatic carbocycles. The Morgan fingerprint density at radius 3 is 2.03 bits per heavy atom. The van der Waals surface area contributed by atoms with Crippen molar-refractivity contribution in [3.05, 3.63) is 145 Å². The second-order valence-electron chi connectivity index (χ2n) is 10.7. The molecule has 0 saturated carbocycles. The van der Waals surface area contributed by atoms with Crippen LogP contribution in [0.1, 0.15) is 18.4 Å². The zero-order valence-electron chi connectivity index (χ0n) is 21.7. The van der Waals surface area contributed by atoms with Crippen molar-refractivity contribution >= 4 is 21.8 Å². The smallest absolute Gasteiger partial charge is 0.135 e.